The van der Waals surface area contributed by atoms with E-state index in [0.29, 0.717) is 5.92 Å². The Morgan fingerprint density at radius 3 is 2.31 bits per heavy atom. The highest BCUT2D eigenvalue weighted by Gasteiger charge is 2.39. The molecule has 3 aliphatic rings. The van der Waals surface area contributed by atoms with Crippen molar-refractivity contribution in [3.8, 4) is 11.8 Å². The number of fused-ring (bicyclic) bond motifs is 2. The first-order valence-electron chi connectivity index (χ1n) is 13.1. The van der Waals surface area contributed by atoms with E-state index in [1.54, 1.807) is 0 Å². The minimum Gasteiger partial charge on any atom is -0.0900 e. The monoisotopic (exact) mass is 458 g/mol. The summed E-state index contributed by atoms with van der Waals surface area (Å²) in [5, 5.41) is 0. The molecule has 0 N–H and O–H groups in total. The number of rotatable bonds is 3. The quantitative estimate of drug-likeness (QED) is 0.402. The van der Waals surface area contributed by atoms with Gasteiger partial charge in [0.2, 0.25) is 0 Å². The Morgan fingerprint density at radius 2 is 1.69 bits per heavy atom. The van der Waals surface area contributed by atoms with E-state index in [4.69, 9.17) is 0 Å². The molecule has 2 aromatic carbocycles. The number of allylic oxidation sites excluding steroid dienone is 8. The second-order valence-electron chi connectivity index (χ2n) is 12.5. The molecule has 0 heterocycles. The van der Waals surface area contributed by atoms with Gasteiger partial charge < -0.3 is 0 Å². The first kappa shape index (κ1) is 23.7. The van der Waals surface area contributed by atoms with Crippen LogP contribution < -0.4 is 0 Å². The van der Waals surface area contributed by atoms with Crippen molar-refractivity contribution in [3.05, 3.63) is 106 Å². The molecule has 0 aliphatic heterocycles. The average Bonchev–Trinajstić information content (AvgIpc) is 3.39. The van der Waals surface area contributed by atoms with E-state index in [0.717, 1.165) is 6.42 Å². The predicted octanol–water partition coefficient (Wildman–Crippen LogP) is 9.12. The summed E-state index contributed by atoms with van der Waals surface area (Å²) in [6.45, 7) is 16.2. The van der Waals surface area contributed by atoms with E-state index in [1.807, 2.05) is 0 Å². The van der Waals surface area contributed by atoms with E-state index in [-0.39, 0.29) is 22.7 Å². The van der Waals surface area contributed by atoms with E-state index in [2.05, 4.69) is 133 Å². The summed E-state index contributed by atoms with van der Waals surface area (Å²) in [6, 6.07) is 18.1. The van der Waals surface area contributed by atoms with Crippen molar-refractivity contribution in [2.75, 3.05) is 0 Å². The molecule has 3 unspecified atom stereocenters. The molecule has 0 bridgehead atoms. The van der Waals surface area contributed by atoms with Crippen LogP contribution in [-0.4, -0.2) is 0 Å². The largest absolute Gasteiger partial charge is 0.0900 e. The highest BCUT2D eigenvalue weighted by Crippen LogP contribution is 2.54. The molecule has 0 radical (unpaired) electrons. The van der Waals surface area contributed by atoms with Gasteiger partial charge in [-0.15, -0.1) is 0 Å². The summed E-state index contributed by atoms with van der Waals surface area (Å²) in [7, 11) is 0. The predicted molar refractivity (Wildman–Crippen MR) is 151 cm³/mol. The third-order valence-corrected chi connectivity index (χ3v) is 7.91. The molecule has 0 nitrogen and oxygen atoms in total. The Kier molecular flexibility index (Phi) is 5.80. The standard InChI is InChI=1S/C35H38/c1-23(24-13-11-12-14-24)32-29-20-18-26(34(2,3)4)21-30(25-15-9-8-10-16-25)33(29)28-19-17-27(22-31(28)32)35(5,6)7/h8-11,13-17,19,21-23,26,32H,12H2,1-7H3. The van der Waals surface area contributed by atoms with Crippen molar-refractivity contribution in [1.82, 2.24) is 0 Å². The van der Waals surface area contributed by atoms with Crippen molar-refractivity contribution < 1.29 is 0 Å². The lowest BCUT2D eigenvalue weighted by Gasteiger charge is -2.26. The van der Waals surface area contributed by atoms with E-state index >= 15 is 0 Å². The topological polar surface area (TPSA) is 0 Å². The molecule has 35 heavy (non-hydrogen) atoms. The maximum absolute atomic E-state index is 3.79. The second-order valence-corrected chi connectivity index (χ2v) is 12.5. The van der Waals surface area contributed by atoms with Crippen LogP contribution in [0.5, 0.6) is 0 Å². The molecular weight excluding hydrogens is 420 g/mol. The number of benzene rings is 2. The van der Waals surface area contributed by atoms with E-state index in [1.165, 1.54) is 44.5 Å². The molecule has 0 saturated carbocycles. The van der Waals surface area contributed by atoms with Crippen molar-refractivity contribution in [1.29, 1.82) is 0 Å². The molecule has 0 saturated heterocycles. The van der Waals surface area contributed by atoms with Crippen LogP contribution in [0.2, 0.25) is 0 Å². The van der Waals surface area contributed by atoms with Gasteiger partial charge in [-0.05, 0) is 56.6 Å². The van der Waals surface area contributed by atoms with Crippen molar-refractivity contribution in [2.24, 2.45) is 17.3 Å². The van der Waals surface area contributed by atoms with Gasteiger partial charge in [0.25, 0.3) is 0 Å². The van der Waals surface area contributed by atoms with Gasteiger partial charge in [0.1, 0.15) is 0 Å². The van der Waals surface area contributed by atoms with Gasteiger partial charge in [0.15, 0.2) is 0 Å². The molecular formula is C35H38. The van der Waals surface area contributed by atoms with Crippen LogP contribution in [0, 0.1) is 29.1 Å². The van der Waals surface area contributed by atoms with E-state index < -0.39 is 0 Å². The fourth-order valence-electron chi connectivity index (χ4n) is 5.70. The van der Waals surface area contributed by atoms with Gasteiger partial charge in [-0.1, -0.05) is 133 Å². The van der Waals surface area contributed by atoms with Crippen LogP contribution in [0.15, 0.2) is 84.0 Å². The lowest BCUT2D eigenvalue weighted by atomic mass is 9.77. The number of hydrogen-bond acceptors (Lipinski definition) is 0. The highest BCUT2D eigenvalue weighted by atomic mass is 14.4. The molecule has 5 rings (SSSR count). The third-order valence-electron chi connectivity index (χ3n) is 7.91. The maximum atomic E-state index is 3.79. The SMILES string of the molecule is CC(C1=CCC=C1)C1C2=C(C(c3ccccc3)=CC(C(C)(C)C)C#C2)c2ccc(C(C)(C)C)cc21. The normalized spacial score (nSPS) is 22.0. The van der Waals surface area contributed by atoms with Gasteiger partial charge in [-0.2, -0.15) is 0 Å². The lowest BCUT2D eigenvalue weighted by Crippen LogP contribution is -2.17. The minimum atomic E-state index is 0.0730. The van der Waals surface area contributed by atoms with Crippen LogP contribution in [0.3, 0.4) is 0 Å². The van der Waals surface area contributed by atoms with Crippen LogP contribution >= 0.6 is 0 Å². The Hall–Kier alpha value is -3.04. The zero-order chi connectivity index (χ0) is 25.0. The van der Waals surface area contributed by atoms with Gasteiger partial charge in [-0.25, -0.2) is 0 Å². The molecule has 2 aromatic rings. The van der Waals surface area contributed by atoms with Crippen LogP contribution in [0.4, 0.5) is 0 Å². The molecule has 3 aliphatic carbocycles. The fourth-order valence-corrected chi connectivity index (χ4v) is 5.70. The van der Waals surface area contributed by atoms with Crippen LogP contribution in [0.1, 0.15) is 83.1 Å². The van der Waals surface area contributed by atoms with Gasteiger partial charge >= 0.3 is 0 Å². The maximum Gasteiger partial charge on any atom is 0.0443 e. The zero-order valence-corrected chi connectivity index (χ0v) is 22.4. The second kappa shape index (κ2) is 8.57. The Bertz CT molecular complexity index is 1330. The van der Waals surface area contributed by atoms with Crippen molar-refractivity contribution in [3.63, 3.8) is 0 Å². The minimum absolute atomic E-state index is 0.0730. The summed E-state index contributed by atoms with van der Waals surface area (Å²) >= 11 is 0. The molecule has 0 aromatic heterocycles. The fraction of sp³-hybridized carbons (Fsp3) is 0.371. The van der Waals surface area contributed by atoms with Crippen molar-refractivity contribution in [2.45, 2.75) is 66.2 Å². The van der Waals surface area contributed by atoms with Crippen molar-refractivity contribution >= 4 is 11.1 Å². The van der Waals surface area contributed by atoms with Gasteiger partial charge in [0, 0.05) is 23.0 Å². The zero-order valence-electron chi connectivity index (χ0n) is 22.4. The van der Waals surface area contributed by atoms with Crippen LogP contribution in [-0.2, 0) is 5.41 Å². The Morgan fingerprint density at radius 1 is 0.943 bits per heavy atom. The number of hydrogen-bond donors (Lipinski definition) is 0. The molecule has 178 valence electrons. The molecule has 0 spiro atoms. The summed E-state index contributed by atoms with van der Waals surface area (Å²) in [5.74, 6) is 8.36. The average molecular weight is 459 g/mol. The van der Waals surface area contributed by atoms with Gasteiger partial charge in [-0.3, -0.25) is 0 Å². The molecule has 3 atom stereocenters. The summed E-state index contributed by atoms with van der Waals surface area (Å²) < 4.78 is 0. The first-order valence-corrected chi connectivity index (χ1v) is 13.1. The molecule has 0 amide bonds. The lowest BCUT2D eigenvalue weighted by molar-refractivity contribution is 0.353. The first-order chi connectivity index (χ1) is 16.6. The Balaban J connectivity index is 1.78. The summed E-state index contributed by atoms with van der Waals surface area (Å²) in [5.41, 5.74) is 11.1. The molecule has 0 fully saturated rings. The van der Waals surface area contributed by atoms with E-state index in [9.17, 15) is 0 Å². The third kappa shape index (κ3) is 4.27. The van der Waals surface area contributed by atoms with Gasteiger partial charge in [0.05, 0.1) is 0 Å². The molecule has 0 heteroatoms. The summed E-state index contributed by atoms with van der Waals surface area (Å²) in [4.78, 5) is 0. The Labute approximate surface area is 212 Å². The highest BCUT2D eigenvalue weighted by molar-refractivity contribution is 6.11. The smallest absolute Gasteiger partial charge is 0.0443 e. The van der Waals surface area contributed by atoms with Crippen LogP contribution in [0.25, 0.3) is 11.1 Å². The summed E-state index contributed by atoms with van der Waals surface area (Å²) in [6.07, 6.45) is 10.5.